The molecule has 1 fully saturated rings. The molecule has 0 spiro atoms. The molecule has 2 heterocycles. The van der Waals surface area contributed by atoms with E-state index in [9.17, 15) is 9.59 Å². The summed E-state index contributed by atoms with van der Waals surface area (Å²) in [6.45, 7) is -0.0749. The standard InChI is InChI=1S/C15H15N3O2S3/c19-12(18-15-16-5-6-23-15)9-17-13(20)10-1-3-11(4-2-10)14-21-7-8-22-14/h1-6,14H,7-9H2,(H,17,20)(H,16,18,19). The number of amides is 2. The lowest BCUT2D eigenvalue weighted by atomic mass is 10.1. The SMILES string of the molecule is O=C(CNC(=O)c1ccc(C2SCCS2)cc1)Nc1nccs1. The molecule has 2 amide bonds. The second-order valence-electron chi connectivity index (χ2n) is 4.76. The zero-order valence-corrected chi connectivity index (χ0v) is 14.6. The van der Waals surface area contributed by atoms with E-state index < -0.39 is 0 Å². The molecular formula is C15H15N3O2S3. The summed E-state index contributed by atoms with van der Waals surface area (Å²) in [5.41, 5.74) is 1.79. The predicted octanol–water partition coefficient (Wildman–Crippen LogP) is 2.99. The Morgan fingerprint density at radius 1 is 1.17 bits per heavy atom. The molecular weight excluding hydrogens is 350 g/mol. The molecule has 0 bridgehead atoms. The van der Waals surface area contributed by atoms with Crippen LogP contribution in [0.25, 0.3) is 0 Å². The number of hydrogen-bond donors (Lipinski definition) is 2. The van der Waals surface area contributed by atoms with Crippen molar-refractivity contribution in [1.29, 1.82) is 0 Å². The summed E-state index contributed by atoms with van der Waals surface area (Å²) in [6.07, 6.45) is 1.61. The van der Waals surface area contributed by atoms with Crippen molar-refractivity contribution < 1.29 is 9.59 Å². The average Bonchev–Trinajstić information content (AvgIpc) is 3.26. The van der Waals surface area contributed by atoms with Crippen LogP contribution in [0.5, 0.6) is 0 Å². The third kappa shape index (κ3) is 4.49. The maximum absolute atomic E-state index is 12.1. The van der Waals surface area contributed by atoms with Gasteiger partial charge >= 0.3 is 0 Å². The Bertz CT molecular complexity index is 668. The second kappa shape index (κ2) is 7.85. The summed E-state index contributed by atoms with van der Waals surface area (Å²) < 4.78 is 0.469. The largest absolute Gasteiger partial charge is 0.343 e. The van der Waals surface area contributed by atoms with Crippen LogP contribution in [-0.2, 0) is 4.79 Å². The smallest absolute Gasteiger partial charge is 0.251 e. The maximum Gasteiger partial charge on any atom is 0.251 e. The predicted molar refractivity (Wildman–Crippen MR) is 97.2 cm³/mol. The van der Waals surface area contributed by atoms with Gasteiger partial charge in [0.05, 0.1) is 11.1 Å². The molecule has 0 aliphatic carbocycles. The Morgan fingerprint density at radius 2 is 1.91 bits per heavy atom. The average molecular weight is 366 g/mol. The first kappa shape index (κ1) is 16.4. The lowest BCUT2D eigenvalue weighted by molar-refractivity contribution is -0.115. The highest BCUT2D eigenvalue weighted by molar-refractivity contribution is 8.19. The van der Waals surface area contributed by atoms with Crippen molar-refractivity contribution in [3.63, 3.8) is 0 Å². The van der Waals surface area contributed by atoms with E-state index in [0.29, 0.717) is 15.3 Å². The molecule has 23 heavy (non-hydrogen) atoms. The number of carbonyl (C=O) groups is 2. The molecule has 2 N–H and O–H groups in total. The van der Waals surface area contributed by atoms with Crippen molar-refractivity contribution in [2.24, 2.45) is 0 Å². The fourth-order valence-electron chi connectivity index (χ4n) is 2.05. The van der Waals surface area contributed by atoms with E-state index in [-0.39, 0.29) is 18.4 Å². The highest BCUT2D eigenvalue weighted by atomic mass is 32.2. The monoisotopic (exact) mass is 365 g/mol. The summed E-state index contributed by atoms with van der Waals surface area (Å²) >= 11 is 5.20. The van der Waals surface area contributed by atoms with Crippen LogP contribution in [0, 0.1) is 0 Å². The van der Waals surface area contributed by atoms with Gasteiger partial charge in [-0.05, 0) is 17.7 Å². The van der Waals surface area contributed by atoms with E-state index in [1.807, 2.05) is 47.8 Å². The molecule has 8 heteroatoms. The van der Waals surface area contributed by atoms with Gasteiger partial charge in [0.1, 0.15) is 0 Å². The fourth-order valence-corrected chi connectivity index (χ4v) is 5.46. The molecule has 1 saturated heterocycles. The normalized spacial score (nSPS) is 14.6. The van der Waals surface area contributed by atoms with Gasteiger partial charge in [0.2, 0.25) is 5.91 Å². The van der Waals surface area contributed by atoms with Crippen molar-refractivity contribution in [3.05, 3.63) is 47.0 Å². The van der Waals surface area contributed by atoms with Crippen molar-refractivity contribution in [3.8, 4) is 0 Å². The second-order valence-corrected chi connectivity index (χ2v) is 8.38. The van der Waals surface area contributed by atoms with Gasteiger partial charge in [-0.1, -0.05) is 12.1 Å². The molecule has 3 rings (SSSR count). The number of aromatic nitrogens is 1. The Kier molecular flexibility index (Phi) is 5.58. The fraction of sp³-hybridized carbons (Fsp3) is 0.267. The number of benzene rings is 1. The molecule has 1 aliphatic heterocycles. The third-order valence-electron chi connectivity index (χ3n) is 3.15. The van der Waals surface area contributed by atoms with Gasteiger partial charge in [0.15, 0.2) is 5.13 Å². The molecule has 120 valence electrons. The van der Waals surface area contributed by atoms with E-state index >= 15 is 0 Å². The van der Waals surface area contributed by atoms with Crippen molar-refractivity contribution in [2.75, 3.05) is 23.4 Å². The minimum absolute atomic E-state index is 0.0749. The van der Waals surface area contributed by atoms with Gasteiger partial charge in [-0.25, -0.2) is 4.98 Å². The van der Waals surface area contributed by atoms with Crippen LogP contribution in [-0.4, -0.2) is 34.8 Å². The summed E-state index contributed by atoms with van der Waals surface area (Å²) in [5.74, 6) is 1.80. The van der Waals surface area contributed by atoms with Crippen molar-refractivity contribution in [1.82, 2.24) is 10.3 Å². The zero-order chi connectivity index (χ0) is 16.1. The Labute approximate surface area is 146 Å². The van der Waals surface area contributed by atoms with Crippen LogP contribution in [0.1, 0.15) is 20.5 Å². The minimum atomic E-state index is -0.288. The lowest BCUT2D eigenvalue weighted by Crippen LogP contribution is -2.32. The first-order valence-electron chi connectivity index (χ1n) is 7.03. The van der Waals surface area contributed by atoms with Crippen LogP contribution in [0.4, 0.5) is 5.13 Å². The van der Waals surface area contributed by atoms with Gasteiger partial charge in [0, 0.05) is 28.6 Å². The van der Waals surface area contributed by atoms with Gasteiger partial charge in [-0.2, -0.15) is 0 Å². The number of rotatable bonds is 5. The Morgan fingerprint density at radius 3 is 2.57 bits per heavy atom. The highest BCUT2D eigenvalue weighted by Gasteiger charge is 2.18. The Hall–Kier alpha value is -1.51. The molecule has 1 aromatic carbocycles. The summed E-state index contributed by atoms with van der Waals surface area (Å²) in [5, 5.41) is 7.54. The van der Waals surface area contributed by atoms with Gasteiger partial charge < -0.3 is 10.6 Å². The number of thiazole rings is 1. The zero-order valence-electron chi connectivity index (χ0n) is 12.2. The molecule has 0 unspecified atom stereocenters. The van der Waals surface area contributed by atoms with Crippen molar-refractivity contribution in [2.45, 2.75) is 4.58 Å². The molecule has 1 aromatic heterocycles. The van der Waals surface area contributed by atoms with E-state index in [4.69, 9.17) is 0 Å². The maximum atomic E-state index is 12.1. The molecule has 0 radical (unpaired) electrons. The van der Waals surface area contributed by atoms with Gasteiger partial charge in [-0.15, -0.1) is 34.9 Å². The third-order valence-corrected chi connectivity index (χ3v) is 6.95. The first-order valence-corrected chi connectivity index (χ1v) is 10.0. The number of thioether (sulfide) groups is 2. The molecule has 2 aromatic rings. The Balaban J connectivity index is 1.50. The van der Waals surface area contributed by atoms with Crippen molar-refractivity contribution >= 4 is 51.8 Å². The summed E-state index contributed by atoms with van der Waals surface area (Å²) in [7, 11) is 0. The topological polar surface area (TPSA) is 71.1 Å². The summed E-state index contributed by atoms with van der Waals surface area (Å²) in [6, 6.07) is 7.59. The van der Waals surface area contributed by atoms with Crippen LogP contribution < -0.4 is 10.6 Å². The van der Waals surface area contributed by atoms with Crippen LogP contribution in [0.15, 0.2) is 35.8 Å². The van der Waals surface area contributed by atoms with Gasteiger partial charge in [-0.3, -0.25) is 9.59 Å². The number of nitrogens with one attached hydrogen (secondary N) is 2. The van der Waals surface area contributed by atoms with E-state index in [1.165, 1.54) is 28.4 Å². The van der Waals surface area contributed by atoms with E-state index in [1.54, 1.807) is 11.6 Å². The van der Waals surface area contributed by atoms with E-state index in [2.05, 4.69) is 15.6 Å². The molecule has 5 nitrogen and oxygen atoms in total. The molecule has 1 aliphatic rings. The van der Waals surface area contributed by atoms with Crippen LogP contribution >= 0.6 is 34.9 Å². The quantitative estimate of drug-likeness (QED) is 0.852. The minimum Gasteiger partial charge on any atom is -0.343 e. The first-order chi connectivity index (χ1) is 11.2. The summed E-state index contributed by atoms with van der Waals surface area (Å²) in [4.78, 5) is 27.7. The lowest BCUT2D eigenvalue weighted by Gasteiger charge is -2.09. The van der Waals surface area contributed by atoms with E-state index in [0.717, 1.165) is 0 Å². The molecule has 0 saturated carbocycles. The van der Waals surface area contributed by atoms with Crippen LogP contribution in [0.2, 0.25) is 0 Å². The van der Waals surface area contributed by atoms with Gasteiger partial charge in [0.25, 0.3) is 5.91 Å². The number of hydrogen-bond acceptors (Lipinski definition) is 6. The van der Waals surface area contributed by atoms with Crippen LogP contribution in [0.3, 0.4) is 0 Å². The number of nitrogens with zero attached hydrogens (tertiary/aromatic N) is 1. The molecule has 0 atom stereocenters. The number of anilines is 1. The highest BCUT2D eigenvalue weighted by Crippen LogP contribution is 2.45. The number of carbonyl (C=O) groups excluding carboxylic acids is 2.